The van der Waals surface area contributed by atoms with Crippen LogP contribution in [0.3, 0.4) is 0 Å². The molecule has 0 spiro atoms. The topological polar surface area (TPSA) is 136 Å². The number of anilines is 3. The van der Waals surface area contributed by atoms with Gasteiger partial charge >= 0.3 is 12.0 Å². The molecule has 0 aliphatic carbocycles. The molecule has 236 valence electrons. The van der Waals surface area contributed by atoms with Gasteiger partial charge < -0.3 is 14.8 Å². The first-order valence-electron chi connectivity index (χ1n) is 14.9. The third-order valence-electron chi connectivity index (χ3n) is 7.30. The molecular formula is C33H34N8O4S. The lowest BCUT2D eigenvalue weighted by atomic mass is 9.92. The average Bonchev–Trinajstić information content (AvgIpc) is 3.71. The fourth-order valence-corrected chi connectivity index (χ4v) is 5.78. The molecule has 3 amide bonds. The number of thiazole rings is 1. The number of hydrogen-bond donors (Lipinski definition) is 2. The largest absolute Gasteiger partial charge is 0.497 e. The Morgan fingerprint density at radius 1 is 0.935 bits per heavy atom. The van der Waals surface area contributed by atoms with Gasteiger partial charge in [-0.25, -0.2) is 24.4 Å². The van der Waals surface area contributed by atoms with E-state index in [0.717, 1.165) is 39.8 Å². The lowest BCUT2D eigenvalue weighted by Crippen LogP contribution is -2.34. The molecule has 46 heavy (non-hydrogen) atoms. The number of nitrogens with one attached hydrogen (secondary N) is 2. The van der Waals surface area contributed by atoms with E-state index in [2.05, 4.69) is 46.4 Å². The van der Waals surface area contributed by atoms with Crippen LogP contribution in [0.1, 0.15) is 45.7 Å². The van der Waals surface area contributed by atoms with Crippen molar-refractivity contribution in [2.75, 3.05) is 29.2 Å². The van der Waals surface area contributed by atoms with E-state index < -0.39 is 6.03 Å². The number of ether oxygens (including phenoxy) is 2. The monoisotopic (exact) mass is 638 g/mol. The van der Waals surface area contributed by atoms with Gasteiger partial charge in [-0.1, -0.05) is 38.2 Å². The average molecular weight is 639 g/mol. The zero-order chi connectivity index (χ0) is 32.3. The Labute approximate surface area is 270 Å². The Balaban J connectivity index is 1.08. The van der Waals surface area contributed by atoms with Gasteiger partial charge in [0.1, 0.15) is 17.3 Å². The number of rotatable bonds is 8. The van der Waals surface area contributed by atoms with Crippen molar-refractivity contribution >= 4 is 39.9 Å². The second-order valence-corrected chi connectivity index (χ2v) is 12.8. The molecular weight excluding hydrogens is 604 g/mol. The number of hydrogen-bond acceptors (Lipinski definition) is 9. The van der Waals surface area contributed by atoms with Crippen molar-refractivity contribution in [3.63, 3.8) is 0 Å². The van der Waals surface area contributed by atoms with Gasteiger partial charge in [-0.05, 0) is 54.8 Å². The molecule has 0 saturated carbocycles. The minimum absolute atomic E-state index is 0.129. The summed E-state index contributed by atoms with van der Waals surface area (Å²) in [5.74, 6) is 1.86. The lowest BCUT2D eigenvalue weighted by Gasteiger charge is -2.23. The van der Waals surface area contributed by atoms with E-state index in [1.54, 1.807) is 22.9 Å². The van der Waals surface area contributed by atoms with Gasteiger partial charge in [-0.15, -0.1) is 0 Å². The van der Waals surface area contributed by atoms with Crippen LogP contribution in [0.2, 0.25) is 0 Å². The molecule has 2 aromatic carbocycles. The number of urea groups is 1. The van der Waals surface area contributed by atoms with Crippen molar-refractivity contribution in [2.45, 2.75) is 45.4 Å². The van der Waals surface area contributed by atoms with Gasteiger partial charge in [0.05, 0.1) is 41.4 Å². The second-order valence-electron chi connectivity index (χ2n) is 11.7. The number of amides is 3. The van der Waals surface area contributed by atoms with E-state index in [-0.39, 0.29) is 17.3 Å². The lowest BCUT2D eigenvalue weighted by molar-refractivity contribution is -0.119. The van der Waals surface area contributed by atoms with Crippen LogP contribution in [-0.4, -0.2) is 50.3 Å². The van der Waals surface area contributed by atoms with E-state index in [9.17, 15) is 9.59 Å². The van der Waals surface area contributed by atoms with Crippen LogP contribution < -0.4 is 25.0 Å². The first-order chi connectivity index (χ1) is 22.2. The van der Waals surface area contributed by atoms with Gasteiger partial charge in [0.25, 0.3) is 0 Å². The maximum absolute atomic E-state index is 13.0. The van der Waals surface area contributed by atoms with Gasteiger partial charge in [0.15, 0.2) is 5.13 Å². The Hall–Kier alpha value is -5.30. The molecule has 13 heteroatoms. The summed E-state index contributed by atoms with van der Waals surface area (Å²) in [6, 6.07) is 16.4. The van der Waals surface area contributed by atoms with Crippen LogP contribution >= 0.6 is 11.3 Å². The third kappa shape index (κ3) is 6.99. The number of carbonyl (C=O) groups is 2. The number of benzene rings is 2. The van der Waals surface area contributed by atoms with Crippen LogP contribution in [-0.2, 0) is 10.2 Å². The molecule has 12 nitrogen and oxygen atoms in total. The fraction of sp³-hybridized carbons (Fsp3) is 0.273. The number of nitrogens with zero attached hydrogens (tertiary/aromatic N) is 6. The molecule has 0 unspecified atom stereocenters. The molecule has 5 aromatic rings. The first-order valence-corrected chi connectivity index (χ1v) is 15.7. The predicted molar refractivity (Wildman–Crippen MR) is 177 cm³/mol. The maximum atomic E-state index is 13.0. The summed E-state index contributed by atoms with van der Waals surface area (Å²) in [7, 11) is 1.60. The summed E-state index contributed by atoms with van der Waals surface area (Å²) >= 11 is 1.49. The summed E-state index contributed by atoms with van der Waals surface area (Å²) in [6.07, 6.45) is 7.23. The zero-order valence-electron chi connectivity index (χ0n) is 26.0. The highest BCUT2D eigenvalue weighted by molar-refractivity contribution is 7.19. The number of aromatic nitrogens is 5. The SMILES string of the molecule is COc1cccc(-n2nc(C(C)(C)C)cc2NC(=O)Nc2cnc(Oc3ccc(-c4cnc(N5CCCCC5=O)s4)cc3)nc2)c1. The summed E-state index contributed by atoms with van der Waals surface area (Å²) in [4.78, 5) is 40.9. The van der Waals surface area contributed by atoms with Crippen molar-refractivity contribution in [2.24, 2.45) is 0 Å². The van der Waals surface area contributed by atoms with Crippen LogP contribution in [0.5, 0.6) is 17.5 Å². The molecule has 4 heterocycles. The molecule has 1 aliphatic heterocycles. The molecule has 1 aliphatic rings. The summed E-state index contributed by atoms with van der Waals surface area (Å²) in [5, 5.41) is 11.1. The fourth-order valence-electron chi connectivity index (χ4n) is 4.81. The van der Waals surface area contributed by atoms with Gasteiger partial charge in [0.2, 0.25) is 5.91 Å². The molecule has 1 fully saturated rings. The molecule has 0 atom stereocenters. The quantitative estimate of drug-likeness (QED) is 0.185. The van der Waals surface area contributed by atoms with Crippen molar-refractivity contribution < 1.29 is 19.1 Å². The van der Waals surface area contributed by atoms with Crippen LogP contribution in [0.4, 0.5) is 21.4 Å². The maximum Gasteiger partial charge on any atom is 0.324 e. The van der Waals surface area contributed by atoms with E-state index in [4.69, 9.17) is 14.6 Å². The van der Waals surface area contributed by atoms with E-state index >= 15 is 0 Å². The Bertz CT molecular complexity index is 1840. The third-order valence-corrected chi connectivity index (χ3v) is 8.37. The minimum Gasteiger partial charge on any atom is -0.497 e. The summed E-state index contributed by atoms with van der Waals surface area (Å²) in [5.41, 5.74) is 2.68. The summed E-state index contributed by atoms with van der Waals surface area (Å²) < 4.78 is 12.9. The second kappa shape index (κ2) is 13.0. The molecule has 0 bridgehead atoms. The Kier molecular flexibility index (Phi) is 8.66. The van der Waals surface area contributed by atoms with Gasteiger partial charge in [-0.2, -0.15) is 5.10 Å². The Morgan fingerprint density at radius 2 is 1.72 bits per heavy atom. The standard InChI is InChI=1S/C33H34N8O4S/c1-33(2,3)27-17-28(41(39-27)23-8-7-9-25(16-23)44-4)38-30(43)37-22-18-34-31(35-19-22)45-24-13-11-21(12-14-24)26-20-36-32(46-26)40-15-6-5-10-29(40)42/h7-9,11-14,16-20H,5-6,10,15H2,1-4H3,(H2,37,38,43). The van der Waals surface area contributed by atoms with E-state index in [1.807, 2.05) is 54.6 Å². The number of methoxy groups -OCH3 is 1. The Morgan fingerprint density at radius 3 is 2.43 bits per heavy atom. The number of piperidine rings is 1. The smallest absolute Gasteiger partial charge is 0.324 e. The predicted octanol–water partition coefficient (Wildman–Crippen LogP) is 7.05. The van der Waals surface area contributed by atoms with Crippen molar-refractivity contribution in [3.8, 4) is 33.6 Å². The minimum atomic E-state index is -0.478. The zero-order valence-corrected chi connectivity index (χ0v) is 26.8. The van der Waals surface area contributed by atoms with Crippen molar-refractivity contribution in [1.29, 1.82) is 0 Å². The highest BCUT2D eigenvalue weighted by Crippen LogP contribution is 2.34. The first kappa shape index (κ1) is 30.7. The molecule has 2 N–H and O–H groups in total. The number of carbonyl (C=O) groups excluding carboxylic acids is 2. The molecule has 6 rings (SSSR count). The molecule has 3 aromatic heterocycles. The van der Waals surface area contributed by atoms with Crippen LogP contribution in [0.15, 0.2) is 73.2 Å². The van der Waals surface area contributed by atoms with Gasteiger partial charge in [0, 0.05) is 36.7 Å². The van der Waals surface area contributed by atoms with E-state index in [1.165, 1.54) is 23.7 Å². The van der Waals surface area contributed by atoms with E-state index in [0.29, 0.717) is 36.0 Å². The molecule has 1 saturated heterocycles. The van der Waals surface area contributed by atoms with Gasteiger partial charge in [-0.3, -0.25) is 15.0 Å². The normalized spacial score (nSPS) is 13.4. The highest BCUT2D eigenvalue weighted by Gasteiger charge is 2.23. The van der Waals surface area contributed by atoms with Crippen LogP contribution in [0.25, 0.3) is 16.1 Å². The van der Waals surface area contributed by atoms with Crippen molar-refractivity contribution in [1.82, 2.24) is 24.7 Å². The molecule has 0 radical (unpaired) electrons. The highest BCUT2D eigenvalue weighted by atomic mass is 32.1. The van der Waals surface area contributed by atoms with Crippen molar-refractivity contribution in [3.05, 3.63) is 78.9 Å². The van der Waals surface area contributed by atoms with Crippen LogP contribution in [0, 0.1) is 0 Å². The summed E-state index contributed by atoms with van der Waals surface area (Å²) in [6.45, 7) is 6.89.